The average Bonchev–Trinajstić information content (AvgIpc) is 3.04. The van der Waals surface area contributed by atoms with Crippen LogP contribution < -0.4 is 11.1 Å². The van der Waals surface area contributed by atoms with Crippen molar-refractivity contribution in [1.29, 1.82) is 0 Å². The van der Waals surface area contributed by atoms with Crippen molar-refractivity contribution in [3.8, 4) is 0 Å². The second kappa shape index (κ2) is 5.99. The fraction of sp³-hybridized carbons (Fsp3) is 0.467. The van der Waals surface area contributed by atoms with Crippen molar-refractivity contribution >= 4 is 38.3 Å². The highest BCUT2D eigenvalue weighted by molar-refractivity contribution is 7.22. The molecule has 21 heavy (non-hydrogen) atoms. The first-order valence-electron chi connectivity index (χ1n) is 7.32. The van der Waals surface area contributed by atoms with Crippen LogP contribution in [-0.4, -0.2) is 35.4 Å². The molecule has 5 nitrogen and oxygen atoms in total. The highest BCUT2D eigenvalue weighted by Gasteiger charge is 2.22. The van der Waals surface area contributed by atoms with Gasteiger partial charge in [0.1, 0.15) is 0 Å². The van der Waals surface area contributed by atoms with Crippen molar-refractivity contribution in [2.24, 2.45) is 5.92 Å². The number of fused-ring (bicyclic) bond motifs is 1. The van der Waals surface area contributed by atoms with E-state index >= 15 is 0 Å². The van der Waals surface area contributed by atoms with Gasteiger partial charge in [0.15, 0.2) is 5.13 Å². The maximum atomic E-state index is 12.1. The second-order valence-corrected chi connectivity index (χ2v) is 6.62. The molecule has 6 heteroatoms. The lowest BCUT2D eigenvalue weighted by atomic mass is 10.1. The number of nitrogens with one attached hydrogen (secondary N) is 1. The van der Waals surface area contributed by atoms with Crippen molar-refractivity contribution in [3.05, 3.63) is 18.2 Å². The van der Waals surface area contributed by atoms with E-state index < -0.39 is 0 Å². The molecule has 1 saturated heterocycles. The highest BCUT2D eigenvalue weighted by atomic mass is 32.1. The van der Waals surface area contributed by atoms with E-state index in [1.165, 1.54) is 24.2 Å². The number of carbonyl (C=O) groups is 1. The molecule has 1 aliphatic heterocycles. The van der Waals surface area contributed by atoms with Crippen LogP contribution in [0.25, 0.3) is 10.2 Å². The first-order valence-corrected chi connectivity index (χ1v) is 8.14. The van der Waals surface area contributed by atoms with E-state index in [4.69, 9.17) is 5.73 Å². The third kappa shape index (κ3) is 3.33. The lowest BCUT2D eigenvalue weighted by Crippen LogP contribution is -2.31. The Balaban J connectivity index is 1.61. The summed E-state index contributed by atoms with van der Waals surface area (Å²) in [7, 11) is 0. The Bertz CT molecular complexity index is 654. The molecule has 0 bridgehead atoms. The van der Waals surface area contributed by atoms with E-state index in [1.54, 1.807) is 0 Å². The summed E-state index contributed by atoms with van der Waals surface area (Å²) in [6, 6.07) is 5.58. The fourth-order valence-corrected chi connectivity index (χ4v) is 3.68. The number of nitrogens with two attached hydrogens (primary N) is 1. The Hall–Kier alpha value is -1.66. The number of likely N-dealkylation sites (tertiary alicyclic amines) is 1. The smallest absolute Gasteiger partial charge is 0.240 e. The van der Waals surface area contributed by atoms with Gasteiger partial charge in [-0.05, 0) is 37.1 Å². The van der Waals surface area contributed by atoms with Crippen LogP contribution in [0.1, 0.15) is 19.8 Å². The number of anilines is 2. The number of nitrogen functional groups attached to an aromatic ring is 1. The van der Waals surface area contributed by atoms with Gasteiger partial charge in [-0.3, -0.25) is 9.69 Å². The van der Waals surface area contributed by atoms with Crippen LogP contribution in [0, 0.1) is 5.92 Å². The van der Waals surface area contributed by atoms with E-state index in [2.05, 4.69) is 22.1 Å². The SMILES string of the molecule is CCC1CCN(CC(=O)Nc2nc3ccc(N)cc3s2)C1. The minimum absolute atomic E-state index is 0.0128. The Morgan fingerprint density at radius 1 is 1.57 bits per heavy atom. The summed E-state index contributed by atoms with van der Waals surface area (Å²) in [5.74, 6) is 0.752. The largest absolute Gasteiger partial charge is 0.399 e. The van der Waals surface area contributed by atoms with Gasteiger partial charge in [0, 0.05) is 12.2 Å². The van der Waals surface area contributed by atoms with E-state index in [0.717, 1.165) is 29.2 Å². The normalized spacial score (nSPS) is 19.2. The maximum absolute atomic E-state index is 12.1. The number of rotatable bonds is 4. The molecule has 0 saturated carbocycles. The average molecular weight is 304 g/mol. The van der Waals surface area contributed by atoms with Crippen molar-refractivity contribution in [2.75, 3.05) is 30.7 Å². The van der Waals surface area contributed by atoms with Crippen LogP contribution in [0.4, 0.5) is 10.8 Å². The van der Waals surface area contributed by atoms with Crippen LogP contribution in [0.15, 0.2) is 18.2 Å². The number of benzene rings is 1. The molecule has 1 aromatic heterocycles. The Morgan fingerprint density at radius 3 is 3.19 bits per heavy atom. The Labute approximate surface area is 128 Å². The number of hydrogen-bond acceptors (Lipinski definition) is 5. The molecule has 1 atom stereocenters. The molecule has 112 valence electrons. The Kier molecular flexibility index (Phi) is 4.07. The number of carbonyl (C=O) groups excluding carboxylic acids is 1. The van der Waals surface area contributed by atoms with Crippen molar-refractivity contribution in [1.82, 2.24) is 9.88 Å². The minimum Gasteiger partial charge on any atom is -0.399 e. The number of nitrogens with zero attached hydrogens (tertiary/aromatic N) is 2. The molecule has 0 radical (unpaired) electrons. The van der Waals surface area contributed by atoms with E-state index in [0.29, 0.717) is 17.4 Å². The minimum atomic E-state index is 0.0128. The zero-order valence-electron chi connectivity index (χ0n) is 12.1. The molecule has 0 spiro atoms. The lowest BCUT2D eigenvalue weighted by molar-refractivity contribution is -0.117. The summed E-state index contributed by atoms with van der Waals surface area (Å²) >= 11 is 1.46. The van der Waals surface area contributed by atoms with Gasteiger partial charge in [-0.1, -0.05) is 24.7 Å². The molecule has 2 heterocycles. The molecule has 1 aliphatic rings. The van der Waals surface area contributed by atoms with Gasteiger partial charge in [0.25, 0.3) is 0 Å². The standard InChI is InChI=1S/C15H20N4OS/c1-2-10-5-6-19(8-10)9-14(20)18-15-17-12-4-3-11(16)7-13(12)21-15/h3-4,7,10H,2,5-6,8-9,16H2,1H3,(H,17,18,20). The van der Waals surface area contributed by atoms with Gasteiger partial charge >= 0.3 is 0 Å². The molecule has 2 aromatic rings. The number of aromatic nitrogens is 1. The van der Waals surface area contributed by atoms with Gasteiger partial charge in [-0.15, -0.1) is 0 Å². The second-order valence-electron chi connectivity index (χ2n) is 5.59. The summed E-state index contributed by atoms with van der Waals surface area (Å²) in [5.41, 5.74) is 7.34. The molecular weight excluding hydrogens is 284 g/mol. The van der Waals surface area contributed by atoms with Crippen LogP contribution in [0.3, 0.4) is 0 Å². The zero-order valence-corrected chi connectivity index (χ0v) is 12.9. The summed E-state index contributed by atoms with van der Waals surface area (Å²) in [5, 5.41) is 3.54. The summed E-state index contributed by atoms with van der Waals surface area (Å²) in [4.78, 5) is 18.7. The topological polar surface area (TPSA) is 71.2 Å². The zero-order chi connectivity index (χ0) is 14.8. The van der Waals surface area contributed by atoms with Crippen molar-refractivity contribution in [3.63, 3.8) is 0 Å². The molecule has 1 fully saturated rings. The summed E-state index contributed by atoms with van der Waals surface area (Å²) < 4.78 is 0.998. The third-order valence-corrected chi connectivity index (χ3v) is 4.91. The lowest BCUT2D eigenvalue weighted by Gasteiger charge is -2.14. The van der Waals surface area contributed by atoms with Crippen LogP contribution >= 0.6 is 11.3 Å². The van der Waals surface area contributed by atoms with Gasteiger partial charge in [0.2, 0.25) is 5.91 Å². The van der Waals surface area contributed by atoms with E-state index in [1.807, 2.05) is 18.2 Å². The quantitative estimate of drug-likeness (QED) is 0.852. The molecule has 1 unspecified atom stereocenters. The molecule has 1 aromatic carbocycles. The van der Waals surface area contributed by atoms with Gasteiger partial charge in [-0.25, -0.2) is 4.98 Å². The predicted molar refractivity (Wildman–Crippen MR) is 87.5 cm³/mol. The van der Waals surface area contributed by atoms with E-state index in [-0.39, 0.29) is 5.91 Å². The molecular formula is C15H20N4OS. The fourth-order valence-electron chi connectivity index (χ4n) is 2.75. The molecule has 1 amide bonds. The number of hydrogen-bond donors (Lipinski definition) is 2. The molecule has 3 rings (SSSR count). The van der Waals surface area contributed by atoms with Gasteiger partial charge < -0.3 is 11.1 Å². The van der Waals surface area contributed by atoms with Crippen LogP contribution in [0.2, 0.25) is 0 Å². The van der Waals surface area contributed by atoms with Crippen LogP contribution in [0.5, 0.6) is 0 Å². The van der Waals surface area contributed by atoms with Crippen molar-refractivity contribution < 1.29 is 4.79 Å². The monoisotopic (exact) mass is 304 g/mol. The molecule has 0 aliphatic carbocycles. The summed E-state index contributed by atoms with van der Waals surface area (Å²) in [6.07, 6.45) is 2.39. The van der Waals surface area contributed by atoms with Crippen LogP contribution in [-0.2, 0) is 4.79 Å². The maximum Gasteiger partial charge on any atom is 0.240 e. The Morgan fingerprint density at radius 2 is 2.43 bits per heavy atom. The number of amides is 1. The predicted octanol–water partition coefficient (Wildman–Crippen LogP) is 2.55. The van der Waals surface area contributed by atoms with Gasteiger partial charge in [0.05, 0.1) is 16.8 Å². The summed E-state index contributed by atoms with van der Waals surface area (Å²) in [6.45, 7) is 4.71. The third-order valence-electron chi connectivity index (χ3n) is 3.97. The first kappa shape index (κ1) is 14.3. The van der Waals surface area contributed by atoms with E-state index in [9.17, 15) is 4.79 Å². The van der Waals surface area contributed by atoms with Gasteiger partial charge in [-0.2, -0.15) is 0 Å². The van der Waals surface area contributed by atoms with Crippen molar-refractivity contribution in [2.45, 2.75) is 19.8 Å². The number of thiazole rings is 1. The highest BCUT2D eigenvalue weighted by Crippen LogP contribution is 2.27. The first-order chi connectivity index (χ1) is 10.1. The molecule has 3 N–H and O–H groups in total.